The van der Waals surface area contributed by atoms with Gasteiger partial charge in [-0.2, -0.15) is 0 Å². The van der Waals surface area contributed by atoms with E-state index in [9.17, 15) is 9.59 Å². The lowest BCUT2D eigenvalue weighted by Crippen LogP contribution is -2.48. The van der Waals surface area contributed by atoms with Gasteiger partial charge in [-0.25, -0.2) is 0 Å². The summed E-state index contributed by atoms with van der Waals surface area (Å²) in [6.07, 6.45) is 6.47. The van der Waals surface area contributed by atoms with Crippen LogP contribution in [0.4, 0.5) is 0 Å². The van der Waals surface area contributed by atoms with E-state index in [1.54, 1.807) is 12.3 Å². The fraction of sp³-hybridized carbons (Fsp3) is 0.550. The summed E-state index contributed by atoms with van der Waals surface area (Å²) in [5.41, 5.74) is 2.81. The number of hydrogen-bond acceptors (Lipinski definition) is 3. The zero-order chi connectivity index (χ0) is 18.0. The molecular formula is C20H27N3O2. The number of rotatable bonds is 4. The minimum Gasteiger partial charge on any atom is -0.336 e. The number of fused-ring (bicyclic) bond motifs is 4. The molecule has 2 amide bonds. The predicted molar refractivity (Wildman–Crippen MR) is 97.2 cm³/mol. The molecule has 3 aliphatic rings. The molecule has 3 aliphatic heterocycles. The van der Waals surface area contributed by atoms with Crippen molar-refractivity contribution in [1.82, 2.24) is 14.8 Å². The second-order valence-electron chi connectivity index (χ2n) is 7.30. The molecule has 0 spiro atoms. The van der Waals surface area contributed by atoms with Gasteiger partial charge in [-0.1, -0.05) is 18.6 Å². The summed E-state index contributed by atoms with van der Waals surface area (Å²) in [6, 6.07) is 3.77. The molecule has 2 bridgehead atoms. The Hall–Kier alpha value is -2.17. The van der Waals surface area contributed by atoms with Gasteiger partial charge in [-0.3, -0.25) is 14.6 Å². The SMILES string of the molecule is CCc1cc(C(=O)N2CC3CCC(C2)N(CC=C(C)C)C3=O)ccn1. The van der Waals surface area contributed by atoms with E-state index in [4.69, 9.17) is 0 Å². The molecule has 0 radical (unpaired) electrons. The summed E-state index contributed by atoms with van der Waals surface area (Å²) in [5, 5.41) is 0. The van der Waals surface area contributed by atoms with Gasteiger partial charge in [0.25, 0.3) is 5.91 Å². The molecule has 3 fully saturated rings. The zero-order valence-corrected chi connectivity index (χ0v) is 15.4. The van der Waals surface area contributed by atoms with Crippen molar-refractivity contribution < 1.29 is 9.59 Å². The normalized spacial score (nSPS) is 22.8. The highest BCUT2D eigenvalue weighted by atomic mass is 16.2. The summed E-state index contributed by atoms with van der Waals surface area (Å²) >= 11 is 0. The largest absolute Gasteiger partial charge is 0.336 e. The molecule has 25 heavy (non-hydrogen) atoms. The fourth-order valence-corrected chi connectivity index (χ4v) is 3.71. The Kier molecular flexibility index (Phi) is 5.21. The molecule has 0 N–H and O–H groups in total. The molecule has 1 aromatic rings. The third-order valence-electron chi connectivity index (χ3n) is 5.20. The average molecular weight is 341 g/mol. The summed E-state index contributed by atoms with van der Waals surface area (Å²) in [7, 11) is 0. The molecule has 2 unspecified atom stereocenters. The van der Waals surface area contributed by atoms with Gasteiger partial charge in [0.15, 0.2) is 0 Å². The van der Waals surface area contributed by atoms with Gasteiger partial charge in [-0.15, -0.1) is 0 Å². The van der Waals surface area contributed by atoms with Crippen LogP contribution >= 0.6 is 0 Å². The Morgan fingerprint density at radius 1 is 1.32 bits per heavy atom. The maximum absolute atomic E-state index is 13.0. The first-order chi connectivity index (χ1) is 12.0. The van der Waals surface area contributed by atoms with Gasteiger partial charge in [0, 0.05) is 43.1 Å². The van der Waals surface area contributed by atoms with Crippen LogP contribution in [0.3, 0.4) is 0 Å². The Morgan fingerprint density at radius 2 is 2.12 bits per heavy atom. The number of piperidine rings is 1. The van der Waals surface area contributed by atoms with Crippen molar-refractivity contribution in [3.8, 4) is 0 Å². The van der Waals surface area contributed by atoms with E-state index in [0.29, 0.717) is 25.2 Å². The van der Waals surface area contributed by atoms with Crippen molar-refractivity contribution in [2.24, 2.45) is 5.92 Å². The molecule has 3 saturated heterocycles. The van der Waals surface area contributed by atoms with Gasteiger partial charge < -0.3 is 9.80 Å². The number of aromatic nitrogens is 1. The van der Waals surface area contributed by atoms with Crippen molar-refractivity contribution >= 4 is 11.8 Å². The smallest absolute Gasteiger partial charge is 0.254 e. The van der Waals surface area contributed by atoms with Crippen molar-refractivity contribution in [2.75, 3.05) is 19.6 Å². The molecule has 1 aromatic heterocycles. The number of allylic oxidation sites excluding steroid dienone is 1. The quantitative estimate of drug-likeness (QED) is 0.791. The van der Waals surface area contributed by atoms with Crippen molar-refractivity contribution in [1.29, 1.82) is 0 Å². The zero-order valence-electron chi connectivity index (χ0n) is 15.4. The van der Waals surface area contributed by atoms with Crippen LogP contribution in [0.1, 0.15) is 49.7 Å². The molecule has 5 nitrogen and oxygen atoms in total. The minimum absolute atomic E-state index is 0.0193. The number of carbonyl (C=O) groups excluding carboxylic acids is 2. The molecule has 4 rings (SSSR count). The topological polar surface area (TPSA) is 53.5 Å². The first-order valence-electron chi connectivity index (χ1n) is 9.17. The van der Waals surface area contributed by atoms with Crippen LogP contribution in [0.2, 0.25) is 0 Å². The highest BCUT2D eigenvalue weighted by molar-refractivity contribution is 5.95. The van der Waals surface area contributed by atoms with E-state index in [2.05, 4.69) is 11.1 Å². The van der Waals surface area contributed by atoms with E-state index in [-0.39, 0.29) is 23.8 Å². The van der Waals surface area contributed by atoms with Crippen molar-refractivity contribution in [2.45, 2.75) is 46.1 Å². The maximum Gasteiger partial charge on any atom is 0.254 e. The molecule has 5 heteroatoms. The number of pyridine rings is 1. The lowest BCUT2D eigenvalue weighted by atomic mass is 9.94. The van der Waals surface area contributed by atoms with E-state index < -0.39 is 0 Å². The molecule has 4 heterocycles. The summed E-state index contributed by atoms with van der Waals surface area (Å²) in [6.45, 7) is 7.93. The third-order valence-corrected chi connectivity index (χ3v) is 5.20. The van der Waals surface area contributed by atoms with E-state index in [1.165, 1.54) is 5.57 Å². The molecule has 0 aromatic carbocycles. The second kappa shape index (κ2) is 7.38. The number of carbonyl (C=O) groups is 2. The first-order valence-corrected chi connectivity index (χ1v) is 9.17. The minimum atomic E-state index is -0.0688. The standard InChI is InChI=1S/C20H27N3O2/c1-4-17-11-15(7-9-21-17)19(24)22-12-16-5-6-18(13-22)23(20(16)25)10-8-14(2)3/h7-9,11,16,18H,4-6,10,12-13H2,1-3H3. The number of amides is 2. The monoisotopic (exact) mass is 341 g/mol. The number of hydrogen-bond donors (Lipinski definition) is 0. The predicted octanol–water partition coefficient (Wildman–Crippen LogP) is 2.67. The highest BCUT2D eigenvalue weighted by Crippen LogP contribution is 2.30. The second-order valence-corrected chi connectivity index (χ2v) is 7.30. The number of aryl methyl sites for hydroxylation is 1. The highest BCUT2D eigenvalue weighted by Gasteiger charge is 2.41. The lowest BCUT2D eigenvalue weighted by Gasteiger charge is -2.35. The number of nitrogens with zero attached hydrogens (tertiary/aromatic N) is 3. The summed E-state index contributed by atoms with van der Waals surface area (Å²) in [4.78, 5) is 33.9. The van der Waals surface area contributed by atoms with Gasteiger partial charge in [0.1, 0.15) is 0 Å². The molecule has 0 saturated carbocycles. The Morgan fingerprint density at radius 3 is 2.84 bits per heavy atom. The molecule has 2 atom stereocenters. The first kappa shape index (κ1) is 17.6. The van der Waals surface area contributed by atoms with Gasteiger partial charge in [-0.05, 0) is 45.2 Å². The van der Waals surface area contributed by atoms with Crippen LogP contribution in [-0.4, -0.2) is 52.3 Å². The lowest BCUT2D eigenvalue weighted by molar-refractivity contribution is -0.139. The van der Waals surface area contributed by atoms with Crippen LogP contribution in [0, 0.1) is 5.92 Å². The van der Waals surface area contributed by atoms with Gasteiger partial charge in [0.05, 0.1) is 5.92 Å². The summed E-state index contributed by atoms with van der Waals surface area (Å²) in [5.74, 6) is 0.152. The van der Waals surface area contributed by atoms with Gasteiger partial charge in [0.2, 0.25) is 5.91 Å². The molecule has 0 aliphatic carbocycles. The molecular weight excluding hydrogens is 314 g/mol. The van der Waals surface area contributed by atoms with E-state index >= 15 is 0 Å². The van der Waals surface area contributed by atoms with E-state index in [1.807, 2.05) is 36.6 Å². The van der Waals surface area contributed by atoms with Crippen LogP contribution in [-0.2, 0) is 11.2 Å². The third kappa shape index (κ3) is 3.75. The van der Waals surface area contributed by atoms with Crippen LogP contribution in [0.25, 0.3) is 0 Å². The van der Waals surface area contributed by atoms with Gasteiger partial charge >= 0.3 is 0 Å². The van der Waals surface area contributed by atoms with Crippen molar-refractivity contribution in [3.63, 3.8) is 0 Å². The van der Waals surface area contributed by atoms with Crippen LogP contribution in [0.15, 0.2) is 30.0 Å². The van der Waals surface area contributed by atoms with E-state index in [0.717, 1.165) is 25.0 Å². The fourth-order valence-electron chi connectivity index (χ4n) is 3.71. The maximum atomic E-state index is 13.0. The Balaban J connectivity index is 1.80. The Labute approximate surface area is 149 Å². The van der Waals surface area contributed by atoms with Crippen molar-refractivity contribution in [3.05, 3.63) is 41.2 Å². The average Bonchev–Trinajstić information content (AvgIpc) is 2.90. The summed E-state index contributed by atoms with van der Waals surface area (Å²) < 4.78 is 0. The van der Waals surface area contributed by atoms with Crippen LogP contribution in [0.5, 0.6) is 0 Å². The van der Waals surface area contributed by atoms with Crippen LogP contribution < -0.4 is 0 Å². The Bertz CT molecular complexity index is 694. The molecule has 134 valence electrons.